The van der Waals surface area contributed by atoms with Gasteiger partial charge in [0.15, 0.2) is 0 Å². The molecule has 0 aliphatic carbocycles. The minimum Gasteiger partial charge on any atom is -0.495 e. The first-order chi connectivity index (χ1) is 7.02. The van der Waals surface area contributed by atoms with Crippen LogP contribution in [0.1, 0.15) is 24.0 Å². The molecule has 2 N–H and O–H groups in total. The number of methoxy groups -OCH3 is 1. The van der Waals surface area contributed by atoms with Crippen LogP contribution >= 0.6 is 11.6 Å². The topological polar surface area (TPSA) is 35.2 Å². The predicted octanol–water partition coefficient (Wildman–Crippen LogP) is 2.86. The summed E-state index contributed by atoms with van der Waals surface area (Å²) in [5.74, 6) is -0.00994. The quantitative estimate of drug-likeness (QED) is 0.868. The zero-order valence-electron chi connectivity index (χ0n) is 9.10. The van der Waals surface area contributed by atoms with Gasteiger partial charge in [-0.1, -0.05) is 18.5 Å². The second kappa shape index (κ2) is 4.81. The van der Waals surface area contributed by atoms with Crippen LogP contribution in [0.3, 0.4) is 0 Å². The zero-order valence-corrected chi connectivity index (χ0v) is 9.86. The molecule has 0 saturated heterocycles. The smallest absolute Gasteiger partial charge is 0.143 e. The van der Waals surface area contributed by atoms with E-state index in [0.29, 0.717) is 28.4 Å². The molecule has 84 valence electrons. The average molecular weight is 232 g/mol. The van der Waals surface area contributed by atoms with Crippen molar-refractivity contribution in [1.29, 1.82) is 0 Å². The number of hydrogen-bond acceptors (Lipinski definition) is 2. The number of ether oxygens (including phenoxy) is 1. The van der Waals surface area contributed by atoms with Gasteiger partial charge in [-0.2, -0.15) is 0 Å². The maximum atomic E-state index is 13.9. The highest BCUT2D eigenvalue weighted by atomic mass is 35.5. The molecule has 0 amide bonds. The highest BCUT2D eigenvalue weighted by Crippen LogP contribution is 2.36. The average Bonchev–Trinajstić information content (AvgIpc) is 2.21. The number of nitrogens with two attached hydrogens (primary N) is 1. The van der Waals surface area contributed by atoms with Gasteiger partial charge < -0.3 is 10.5 Å². The van der Waals surface area contributed by atoms with E-state index in [2.05, 4.69) is 0 Å². The Kier molecular flexibility index (Phi) is 3.94. The third-order valence-corrected chi connectivity index (χ3v) is 2.72. The molecular weight excluding hydrogens is 217 g/mol. The van der Waals surface area contributed by atoms with Crippen molar-refractivity contribution >= 4 is 11.6 Å². The van der Waals surface area contributed by atoms with Crippen LogP contribution in [0.2, 0.25) is 5.02 Å². The summed E-state index contributed by atoms with van der Waals surface area (Å²) in [5, 5.41) is 0.423. The molecule has 0 radical (unpaired) electrons. The molecule has 0 aliphatic heterocycles. The third-order valence-electron chi connectivity index (χ3n) is 2.44. The van der Waals surface area contributed by atoms with Gasteiger partial charge in [-0.25, -0.2) is 4.39 Å². The molecule has 0 aromatic heterocycles. The lowest BCUT2D eigenvalue weighted by molar-refractivity contribution is 0.400. The van der Waals surface area contributed by atoms with Gasteiger partial charge in [-0.05, 0) is 31.0 Å². The second-order valence-corrected chi connectivity index (χ2v) is 3.98. The molecular formula is C11H15ClFNO. The van der Waals surface area contributed by atoms with Crippen LogP contribution < -0.4 is 10.5 Å². The summed E-state index contributed by atoms with van der Waals surface area (Å²) >= 11 is 5.98. The maximum absolute atomic E-state index is 13.9. The molecule has 0 heterocycles. The molecule has 1 atom stereocenters. The Balaban J connectivity index is 3.43. The highest BCUT2D eigenvalue weighted by Gasteiger charge is 2.20. The summed E-state index contributed by atoms with van der Waals surface area (Å²) in [6, 6.07) is 1.56. The van der Waals surface area contributed by atoms with E-state index in [4.69, 9.17) is 22.1 Å². The van der Waals surface area contributed by atoms with E-state index in [0.717, 1.165) is 0 Å². The summed E-state index contributed by atoms with van der Waals surface area (Å²) in [6.45, 7) is 3.87. The van der Waals surface area contributed by atoms with Gasteiger partial charge >= 0.3 is 0 Å². The molecule has 0 bridgehead atoms. The molecule has 2 nitrogen and oxygen atoms in total. The standard InChI is InChI=1S/C11H15ClFNO/c1-6-4-8(12)11(15-3)9(10(6)13)7(2)5-14/h4,7H,5,14H2,1-3H3. The lowest BCUT2D eigenvalue weighted by Gasteiger charge is -2.17. The minimum atomic E-state index is -0.283. The summed E-state index contributed by atoms with van der Waals surface area (Å²) in [7, 11) is 1.47. The maximum Gasteiger partial charge on any atom is 0.143 e. The molecule has 4 heteroatoms. The summed E-state index contributed by atoms with van der Waals surface area (Å²) in [4.78, 5) is 0. The van der Waals surface area contributed by atoms with Gasteiger partial charge in [0.2, 0.25) is 0 Å². The van der Waals surface area contributed by atoms with Gasteiger partial charge in [0, 0.05) is 5.56 Å². The fraction of sp³-hybridized carbons (Fsp3) is 0.455. The molecule has 1 aromatic rings. The number of halogens is 2. The van der Waals surface area contributed by atoms with Crippen LogP contribution in [0.15, 0.2) is 6.07 Å². The van der Waals surface area contributed by atoms with E-state index >= 15 is 0 Å². The van der Waals surface area contributed by atoms with Gasteiger partial charge in [0.1, 0.15) is 11.6 Å². The van der Waals surface area contributed by atoms with Crippen LogP contribution in [0.4, 0.5) is 4.39 Å². The number of hydrogen-bond donors (Lipinski definition) is 1. The van der Waals surface area contributed by atoms with E-state index in [9.17, 15) is 4.39 Å². The van der Waals surface area contributed by atoms with Crippen molar-refractivity contribution in [3.05, 3.63) is 28.0 Å². The van der Waals surface area contributed by atoms with Gasteiger partial charge in [-0.3, -0.25) is 0 Å². The molecule has 15 heavy (non-hydrogen) atoms. The first-order valence-corrected chi connectivity index (χ1v) is 5.13. The number of aryl methyl sites for hydroxylation is 1. The van der Waals surface area contributed by atoms with Crippen molar-refractivity contribution in [3.8, 4) is 5.75 Å². The first-order valence-electron chi connectivity index (χ1n) is 4.75. The molecule has 0 fully saturated rings. The van der Waals surface area contributed by atoms with Crippen molar-refractivity contribution in [2.45, 2.75) is 19.8 Å². The Morgan fingerprint density at radius 1 is 1.60 bits per heavy atom. The van der Waals surface area contributed by atoms with Crippen LogP contribution in [0.25, 0.3) is 0 Å². The SMILES string of the molecule is COc1c(Cl)cc(C)c(F)c1C(C)CN. The molecule has 0 spiro atoms. The van der Waals surface area contributed by atoms with Crippen molar-refractivity contribution in [1.82, 2.24) is 0 Å². The van der Waals surface area contributed by atoms with E-state index in [-0.39, 0.29) is 11.7 Å². The Bertz CT molecular complexity index is 368. The molecule has 1 aromatic carbocycles. The van der Waals surface area contributed by atoms with Gasteiger partial charge in [0.25, 0.3) is 0 Å². The molecule has 0 saturated carbocycles. The normalized spacial score (nSPS) is 12.7. The van der Waals surface area contributed by atoms with Gasteiger partial charge in [0.05, 0.1) is 12.1 Å². The Labute approximate surface area is 94.2 Å². The zero-order chi connectivity index (χ0) is 11.6. The first kappa shape index (κ1) is 12.3. The Morgan fingerprint density at radius 3 is 2.67 bits per heavy atom. The van der Waals surface area contributed by atoms with Crippen LogP contribution in [0.5, 0.6) is 5.75 Å². The van der Waals surface area contributed by atoms with Crippen molar-refractivity contribution in [3.63, 3.8) is 0 Å². The Hall–Kier alpha value is -0.800. The summed E-state index contributed by atoms with van der Waals surface area (Å²) < 4.78 is 19.0. The second-order valence-electron chi connectivity index (χ2n) is 3.57. The third kappa shape index (κ3) is 2.24. The molecule has 1 rings (SSSR count). The highest BCUT2D eigenvalue weighted by molar-refractivity contribution is 6.32. The van der Waals surface area contributed by atoms with E-state index in [1.54, 1.807) is 13.0 Å². The van der Waals surface area contributed by atoms with Crippen molar-refractivity contribution in [2.75, 3.05) is 13.7 Å². The van der Waals surface area contributed by atoms with E-state index in [1.165, 1.54) is 7.11 Å². The number of benzene rings is 1. The monoisotopic (exact) mass is 231 g/mol. The van der Waals surface area contributed by atoms with Crippen LogP contribution in [-0.2, 0) is 0 Å². The van der Waals surface area contributed by atoms with E-state index in [1.807, 2.05) is 6.92 Å². The van der Waals surface area contributed by atoms with Crippen molar-refractivity contribution < 1.29 is 9.13 Å². The predicted molar refractivity (Wildman–Crippen MR) is 60.2 cm³/mol. The lowest BCUT2D eigenvalue weighted by Crippen LogP contribution is -2.12. The van der Waals surface area contributed by atoms with E-state index < -0.39 is 0 Å². The molecule has 1 unspecified atom stereocenters. The Morgan fingerprint density at radius 2 is 2.20 bits per heavy atom. The minimum absolute atomic E-state index is 0.114. The van der Waals surface area contributed by atoms with Crippen LogP contribution in [0, 0.1) is 12.7 Å². The lowest BCUT2D eigenvalue weighted by atomic mass is 9.97. The fourth-order valence-electron chi connectivity index (χ4n) is 1.53. The van der Waals surface area contributed by atoms with Crippen LogP contribution in [-0.4, -0.2) is 13.7 Å². The van der Waals surface area contributed by atoms with Gasteiger partial charge in [-0.15, -0.1) is 0 Å². The fourth-order valence-corrected chi connectivity index (χ4v) is 1.87. The largest absolute Gasteiger partial charge is 0.495 e. The summed E-state index contributed by atoms with van der Waals surface area (Å²) in [5.41, 5.74) is 6.50. The number of rotatable bonds is 3. The molecule has 0 aliphatic rings. The van der Waals surface area contributed by atoms with Crippen molar-refractivity contribution in [2.24, 2.45) is 5.73 Å². The summed E-state index contributed by atoms with van der Waals surface area (Å²) in [6.07, 6.45) is 0.